The van der Waals surface area contributed by atoms with Crippen LogP contribution >= 0.6 is 31.9 Å². The number of nitrogens with zero attached hydrogens (tertiary/aromatic N) is 1. The Bertz CT molecular complexity index is 749. The summed E-state index contributed by atoms with van der Waals surface area (Å²) < 4.78 is 4.43. The lowest BCUT2D eigenvalue weighted by molar-refractivity contribution is -0.142. The van der Waals surface area contributed by atoms with E-state index in [0.717, 1.165) is 12.0 Å². The molecule has 1 aliphatic heterocycles. The molecule has 9 nitrogen and oxygen atoms in total. The Hall–Kier alpha value is -2.27. The Morgan fingerprint density at radius 1 is 1.04 bits per heavy atom. The van der Waals surface area contributed by atoms with Crippen molar-refractivity contribution in [1.29, 1.82) is 0 Å². The van der Waals surface area contributed by atoms with Gasteiger partial charge >= 0.3 is 5.97 Å². The summed E-state index contributed by atoms with van der Waals surface area (Å²) in [7, 11) is 1.15. The molecule has 1 aromatic carbocycles. The lowest BCUT2D eigenvalue weighted by Crippen LogP contribution is -2.49. The summed E-state index contributed by atoms with van der Waals surface area (Å²) in [6.07, 6.45) is 0. The molecule has 0 radical (unpaired) electrons. The Morgan fingerprint density at radius 2 is 1.58 bits per heavy atom. The van der Waals surface area contributed by atoms with Crippen LogP contribution in [0.5, 0.6) is 0 Å². The van der Waals surface area contributed by atoms with Crippen LogP contribution in [0.2, 0.25) is 0 Å². The fourth-order valence-corrected chi connectivity index (χ4v) is 2.94. The summed E-state index contributed by atoms with van der Waals surface area (Å²) in [5, 5.41) is 4.54. The van der Waals surface area contributed by atoms with E-state index < -0.39 is 46.0 Å². The average molecular weight is 491 g/mol. The third kappa shape index (κ3) is 4.28. The van der Waals surface area contributed by atoms with Crippen LogP contribution in [0.15, 0.2) is 24.3 Å². The molecule has 0 saturated heterocycles. The normalized spacial score (nSPS) is 15.1. The van der Waals surface area contributed by atoms with Gasteiger partial charge in [-0.3, -0.25) is 24.1 Å². The van der Waals surface area contributed by atoms with Crippen molar-refractivity contribution in [1.82, 2.24) is 15.5 Å². The molecule has 4 amide bonds. The van der Waals surface area contributed by atoms with E-state index in [1.165, 1.54) is 12.1 Å². The van der Waals surface area contributed by atoms with E-state index in [1.807, 2.05) is 0 Å². The first-order chi connectivity index (χ1) is 12.3. The first-order valence-corrected chi connectivity index (χ1v) is 9.00. The number of ether oxygens (including phenoxy) is 1. The minimum absolute atomic E-state index is 0.221. The first-order valence-electron chi connectivity index (χ1n) is 7.17. The number of benzene rings is 1. The minimum Gasteiger partial charge on any atom is -0.467 e. The molecular formula is C15H13Br2N3O6. The van der Waals surface area contributed by atoms with Gasteiger partial charge in [0.05, 0.1) is 18.2 Å². The quantitative estimate of drug-likeness (QED) is 0.253. The van der Waals surface area contributed by atoms with E-state index in [0.29, 0.717) is 0 Å². The zero-order valence-corrected chi connectivity index (χ0v) is 16.5. The maximum atomic E-state index is 12.2. The molecule has 0 fully saturated rings. The third-order valence-electron chi connectivity index (χ3n) is 3.37. The number of carbonyl (C=O) groups is 5. The largest absolute Gasteiger partial charge is 0.467 e. The molecular weight excluding hydrogens is 478 g/mol. The fourth-order valence-electron chi connectivity index (χ4n) is 2.14. The van der Waals surface area contributed by atoms with E-state index in [9.17, 15) is 24.0 Å². The monoisotopic (exact) mass is 489 g/mol. The molecule has 0 saturated carbocycles. The van der Waals surface area contributed by atoms with Crippen molar-refractivity contribution < 1.29 is 28.7 Å². The number of amides is 4. The van der Waals surface area contributed by atoms with Gasteiger partial charge in [-0.1, -0.05) is 44.0 Å². The number of hydrogen-bond acceptors (Lipinski definition) is 6. The van der Waals surface area contributed by atoms with Gasteiger partial charge in [0.1, 0.15) is 6.54 Å². The molecule has 0 aromatic heterocycles. The third-order valence-corrected chi connectivity index (χ3v) is 4.62. The fraction of sp³-hybridized carbons (Fsp3) is 0.267. The molecule has 1 aromatic rings. The van der Waals surface area contributed by atoms with Crippen LogP contribution in [0.4, 0.5) is 0 Å². The number of nitrogens with one attached hydrogen (secondary N) is 2. The Balaban J connectivity index is 1.93. The highest BCUT2D eigenvalue weighted by atomic mass is 79.9. The van der Waals surface area contributed by atoms with E-state index in [4.69, 9.17) is 0 Å². The SMILES string of the molecule is COC(=O)C(Br)NC(=O)C(Br)NC(=O)CN1C(=O)c2ccccc2C1=O. The van der Waals surface area contributed by atoms with Crippen molar-refractivity contribution in [2.75, 3.05) is 13.7 Å². The Morgan fingerprint density at radius 3 is 2.08 bits per heavy atom. The second-order valence-electron chi connectivity index (χ2n) is 5.07. The molecule has 1 aliphatic rings. The van der Waals surface area contributed by atoms with Crippen LogP contribution in [0.1, 0.15) is 20.7 Å². The van der Waals surface area contributed by atoms with Crippen molar-refractivity contribution in [3.05, 3.63) is 35.4 Å². The lowest BCUT2D eigenvalue weighted by Gasteiger charge is -2.17. The molecule has 2 atom stereocenters. The molecule has 0 bridgehead atoms. The lowest BCUT2D eigenvalue weighted by atomic mass is 10.1. The van der Waals surface area contributed by atoms with Gasteiger partial charge in [0.25, 0.3) is 17.7 Å². The van der Waals surface area contributed by atoms with Gasteiger partial charge in [-0.25, -0.2) is 4.79 Å². The highest BCUT2D eigenvalue weighted by Gasteiger charge is 2.36. The summed E-state index contributed by atoms with van der Waals surface area (Å²) in [4.78, 5) is 58.1. The predicted molar refractivity (Wildman–Crippen MR) is 95.5 cm³/mol. The summed E-state index contributed by atoms with van der Waals surface area (Å²) in [5.41, 5.74) is 0.442. The number of rotatable bonds is 6. The van der Waals surface area contributed by atoms with Crippen molar-refractivity contribution in [2.24, 2.45) is 0 Å². The van der Waals surface area contributed by atoms with Crippen LogP contribution in [0.3, 0.4) is 0 Å². The Kier molecular flexibility index (Phi) is 6.48. The molecule has 26 heavy (non-hydrogen) atoms. The standard InChI is InChI=1S/C15H13Br2N3O6/c1-26-15(25)11(17)19-12(22)10(16)18-9(21)6-20-13(23)7-4-2-3-5-8(7)14(20)24/h2-5,10-11H,6H2,1H3,(H,18,21)(H,19,22). The number of imide groups is 1. The topological polar surface area (TPSA) is 122 Å². The maximum absolute atomic E-state index is 12.2. The molecule has 0 spiro atoms. The zero-order chi connectivity index (χ0) is 19.4. The maximum Gasteiger partial charge on any atom is 0.339 e. The molecule has 11 heteroatoms. The second-order valence-corrected chi connectivity index (χ2v) is 6.90. The van der Waals surface area contributed by atoms with E-state index in [1.54, 1.807) is 12.1 Å². The zero-order valence-electron chi connectivity index (χ0n) is 13.3. The van der Waals surface area contributed by atoms with Gasteiger partial charge in [-0.15, -0.1) is 0 Å². The molecule has 2 rings (SSSR count). The predicted octanol–water partition coefficient (Wildman–Crippen LogP) is 0.130. The highest BCUT2D eigenvalue weighted by Crippen LogP contribution is 2.21. The first kappa shape index (κ1) is 20.0. The summed E-state index contributed by atoms with van der Waals surface area (Å²) >= 11 is 5.85. The van der Waals surface area contributed by atoms with Crippen LogP contribution < -0.4 is 10.6 Å². The van der Waals surface area contributed by atoms with Gasteiger partial charge in [-0.2, -0.15) is 0 Å². The molecule has 2 unspecified atom stereocenters. The van der Waals surface area contributed by atoms with Gasteiger partial charge in [0, 0.05) is 0 Å². The number of carbonyl (C=O) groups excluding carboxylic acids is 5. The van der Waals surface area contributed by atoms with E-state index in [-0.39, 0.29) is 11.1 Å². The van der Waals surface area contributed by atoms with Crippen molar-refractivity contribution in [3.8, 4) is 0 Å². The number of halogens is 2. The van der Waals surface area contributed by atoms with Crippen LogP contribution in [-0.2, 0) is 19.1 Å². The highest BCUT2D eigenvalue weighted by molar-refractivity contribution is 9.10. The summed E-state index contributed by atoms with van der Waals surface area (Å²) in [6.45, 7) is -0.545. The number of hydrogen-bond donors (Lipinski definition) is 2. The van der Waals surface area contributed by atoms with Gasteiger partial charge in [-0.05, 0) is 12.1 Å². The van der Waals surface area contributed by atoms with Gasteiger partial charge in [0.15, 0.2) is 9.90 Å². The van der Waals surface area contributed by atoms with Crippen LogP contribution in [-0.4, -0.2) is 58.1 Å². The van der Waals surface area contributed by atoms with Gasteiger partial charge < -0.3 is 15.4 Å². The number of methoxy groups -OCH3 is 1. The van der Waals surface area contributed by atoms with Crippen LogP contribution in [0.25, 0.3) is 0 Å². The minimum atomic E-state index is -1.19. The Labute approximate surface area is 164 Å². The summed E-state index contributed by atoms with van der Waals surface area (Å²) in [6, 6.07) is 6.23. The van der Waals surface area contributed by atoms with Crippen molar-refractivity contribution in [2.45, 2.75) is 9.90 Å². The van der Waals surface area contributed by atoms with Crippen LogP contribution in [0, 0.1) is 0 Å². The smallest absolute Gasteiger partial charge is 0.339 e. The van der Waals surface area contributed by atoms with Crippen molar-refractivity contribution in [3.63, 3.8) is 0 Å². The molecule has 1 heterocycles. The van der Waals surface area contributed by atoms with E-state index >= 15 is 0 Å². The number of esters is 1. The molecule has 2 N–H and O–H groups in total. The summed E-state index contributed by atoms with van der Waals surface area (Å²) in [5.74, 6) is -3.35. The number of alkyl halides is 2. The number of fused-ring (bicyclic) bond motifs is 1. The van der Waals surface area contributed by atoms with Crippen molar-refractivity contribution >= 4 is 61.5 Å². The molecule has 0 aliphatic carbocycles. The van der Waals surface area contributed by atoms with Gasteiger partial charge in [0.2, 0.25) is 5.91 Å². The van der Waals surface area contributed by atoms with E-state index in [2.05, 4.69) is 47.2 Å². The molecule has 138 valence electrons. The second kappa shape index (κ2) is 8.41. The average Bonchev–Trinajstić information content (AvgIpc) is 2.86.